The minimum Gasteiger partial charge on any atom is -0.426 e. The summed E-state index contributed by atoms with van der Waals surface area (Å²) in [5.74, 6) is 1.18. The Labute approximate surface area is 162 Å². The lowest BCUT2D eigenvalue weighted by Crippen LogP contribution is -2.37. The molecule has 1 saturated carbocycles. The van der Waals surface area contributed by atoms with Crippen molar-refractivity contribution in [3.63, 3.8) is 0 Å². The fraction of sp³-hybridized carbons (Fsp3) is 0.565. The summed E-state index contributed by atoms with van der Waals surface area (Å²) >= 11 is 0. The molecular weight excluding hydrogens is 338 g/mol. The van der Waals surface area contributed by atoms with Crippen molar-refractivity contribution in [3.8, 4) is 0 Å². The molecule has 1 atom stereocenters. The average Bonchev–Trinajstić information content (AvgIpc) is 3.45. The zero-order valence-corrected chi connectivity index (χ0v) is 17.1. The van der Waals surface area contributed by atoms with Gasteiger partial charge in [-0.1, -0.05) is 45.0 Å². The van der Waals surface area contributed by atoms with Crippen molar-refractivity contribution in [2.75, 3.05) is 6.54 Å². The molecule has 0 radical (unpaired) electrons. The fourth-order valence-corrected chi connectivity index (χ4v) is 3.54. The molecule has 2 aliphatic rings. The van der Waals surface area contributed by atoms with Crippen LogP contribution in [-0.2, 0) is 14.3 Å². The molecule has 0 heterocycles. The molecule has 0 bridgehead atoms. The number of benzene rings is 1. The van der Waals surface area contributed by atoms with Gasteiger partial charge in [0.2, 0.25) is 5.91 Å². The van der Waals surface area contributed by atoms with Gasteiger partial charge in [-0.25, -0.2) is 0 Å². The van der Waals surface area contributed by atoms with Crippen molar-refractivity contribution in [3.05, 3.63) is 41.5 Å². The highest BCUT2D eigenvalue weighted by Crippen LogP contribution is 2.47. The van der Waals surface area contributed by atoms with Crippen LogP contribution in [0.25, 0.3) is 5.76 Å². The number of fused-ring (bicyclic) bond motifs is 1. The maximum absolute atomic E-state index is 12.7. The summed E-state index contributed by atoms with van der Waals surface area (Å²) < 4.78 is 5.85. The van der Waals surface area contributed by atoms with Gasteiger partial charge >= 0.3 is 5.97 Å². The average molecular weight is 370 g/mol. The van der Waals surface area contributed by atoms with Gasteiger partial charge < -0.3 is 10.1 Å². The lowest BCUT2D eigenvalue weighted by atomic mass is 9.85. The summed E-state index contributed by atoms with van der Waals surface area (Å²) in [6.07, 6.45) is 4.95. The first kappa shape index (κ1) is 19.7. The van der Waals surface area contributed by atoms with E-state index in [0.717, 1.165) is 30.4 Å². The Morgan fingerprint density at radius 2 is 1.78 bits per heavy atom. The third-order valence-electron chi connectivity index (χ3n) is 5.77. The van der Waals surface area contributed by atoms with E-state index >= 15 is 0 Å². The fourth-order valence-electron chi connectivity index (χ4n) is 3.54. The monoisotopic (exact) mass is 369 g/mol. The summed E-state index contributed by atoms with van der Waals surface area (Å²) in [5.41, 5.74) is 1.24. The first-order valence-corrected chi connectivity index (χ1v) is 9.90. The van der Waals surface area contributed by atoms with E-state index in [1.807, 2.05) is 58.9 Å². The molecule has 0 aromatic heterocycles. The summed E-state index contributed by atoms with van der Waals surface area (Å²) in [5, 5.41) is 3.06. The molecule has 27 heavy (non-hydrogen) atoms. The molecule has 1 aromatic carbocycles. The quantitative estimate of drug-likeness (QED) is 0.768. The zero-order chi connectivity index (χ0) is 19.8. The van der Waals surface area contributed by atoms with E-state index < -0.39 is 10.8 Å². The van der Waals surface area contributed by atoms with Gasteiger partial charge in [0.05, 0.1) is 5.41 Å². The third kappa shape index (κ3) is 4.26. The number of esters is 1. The van der Waals surface area contributed by atoms with Gasteiger partial charge in [0.15, 0.2) is 0 Å². The second-order valence-corrected chi connectivity index (χ2v) is 9.43. The number of rotatable bonds is 5. The second kappa shape index (κ2) is 7.14. The van der Waals surface area contributed by atoms with Crippen molar-refractivity contribution in [1.29, 1.82) is 0 Å². The number of hydrogen-bond donors (Lipinski definition) is 1. The SMILES string of the molecule is CC(C)(C)C(=O)NCC1CC=C(OC(=O)C(C)(C)C2CC2)c2ccccc21. The molecule has 1 unspecified atom stereocenters. The summed E-state index contributed by atoms with van der Waals surface area (Å²) in [6.45, 7) is 10.3. The van der Waals surface area contributed by atoms with Gasteiger partial charge in [-0.3, -0.25) is 9.59 Å². The van der Waals surface area contributed by atoms with Crippen LogP contribution in [0.1, 0.15) is 70.9 Å². The Hall–Kier alpha value is -2.10. The molecule has 0 saturated heterocycles. The van der Waals surface area contributed by atoms with Crippen molar-refractivity contribution in [1.82, 2.24) is 5.32 Å². The summed E-state index contributed by atoms with van der Waals surface area (Å²) in [4.78, 5) is 24.9. The van der Waals surface area contributed by atoms with E-state index in [0.29, 0.717) is 18.2 Å². The van der Waals surface area contributed by atoms with E-state index in [1.165, 1.54) is 0 Å². The van der Waals surface area contributed by atoms with E-state index in [4.69, 9.17) is 4.74 Å². The molecular formula is C23H31NO3. The van der Waals surface area contributed by atoms with Crippen molar-refractivity contribution >= 4 is 17.6 Å². The second-order valence-electron chi connectivity index (χ2n) is 9.43. The molecule has 3 rings (SSSR count). The largest absolute Gasteiger partial charge is 0.426 e. The van der Waals surface area contributed by atoms with Crippen LogP contribution in [0.4, 0.5) is 0 Å². The highest BCUT2D eigenvalue weighted by molar-refractivity contribution is 5.84. The Morgan fingerprint density at radius 3 is 2.41 bits per heavy atom. The van der Waals surface area contributed by atoms with E-state index in [9.17, 15) is 9.59 Å². The van der Waals surface area contributed by atoms with E-state index in [1.54, 1.807) is 0 Å². The van der Waals surface area contributed by atoms with Crippen LogP contribution in [0.15, 0.2) is 30.3 Å². The molecule has 4 nitrogen and oxygen atoms in total. The lowest BCUT2D eigenvalue weighted by Gasteiger charge is -2.29. The molecule has 2 aliphatic carbocycles. The van der Waals surface area contributed by atoms with Crippen molar-refractivity contribution in [2.24, 2.45) is 16.7 Å². The van der Waals surface area contributed by atoms with Crippen LogP contribution in [0.5, 0.6) is 0 Å². The highest BCUT2D eigenvalue weighted by Gasteiger charge is 2.45. The van der Waals surface area contributed by atoms with Gasteiger partial charge in [-0.05, 0) is 50.7 Å². The minimum atomic E-state index is -0.437. The molecule has 146 valence electrons. The van der Waals surface area contributed by atoms with Crippen LogP contribution in [0.3, 0.4) is 0 Å². The van der Waals surface area contributed by atoms with Crippen LogP contribution in [-0.4, -0.2) is 18.4 Å². The van der Waals surface area contributed by atoms with E-state index in [2.05, 4.69) is 11.4 Å². The Bertz CT molecular complexity index is 766. The standard InChI is InChI=1S/C23H31NO3/c1-22(2,3)20(25)24-14-15-10-13-19(18-9-7-6-8-17(15)18)27-21(26)23(4,5)16-11-12-16/h6-9,13,15-16H,10-12,14H2,1-5H3,(H,24,25). The maximum atomic E-state index is 12.7. The molecule has 4 heteroatoms. The summed E-state index contributed by atoms with van der Waals surface area (Å²) in [6, 6.07) is 8.02. The number of carbonyl (C=O) groups excluding carboxylic acids is 2. The minimum absolute atomic E-state index is 0.0485. The molecule has 1 fully saturated rings. The number of carbonyl (C=O) groups is 2. The number of amides is 1. The van der Waals surface area contributed by atoms with Crippen molar-refractivity contribution in [2.45, 2.75) is 59.8 Å². The smallest absolute Gasteiger partial charge is 0.317 e. The van der Waals surface area contributed by atoms with Gasteiger partial charge in [-0.2, -0.15) is 0 Å². The van der Waals surface area contributed by atoms with Gasteiger partial charge in [0, 0.05) is 23.4 Å². The highest BCUT2D eigenvalue weighted by atomic mass is 16.5. The number of allylic oxidation sites excluding steroid dienone is 1. The predicted octanol–water partition coefficient (Wildman–Crippen LogP) is 4.66. The van der Waals surface area contributed by atoms with Crippen molar-refractivity contribution < 1.29 is 14.3 Å². The Balaban J connectivity index is 1.73. The Morgan fingerprint density at radius 1 is 1.11 bits per heavy atom. The predicted molar refractivity (Wildman–Crippen MR) is 107 cm³/mol. The normalized spacial score (nSPS) is 19.7. The van der Waals surface area contributed by atoms with Gasteiger partial charge in [-0.15, -0.1) is 0 Å². The topological polar surface area (TPSA) is 55.4 Å². The molecule has 1 N–H and O–H groups in total. The Kier molecular flexibility index (Phi) is 5.20. The number of nitrogens with one attached hydrogen (secondary N) is 1. The molecule has 0 aliphatic heterocycles. The zero-order valence-electron chi connectivity index (χ0n) is 17.1. The lowest BCUT2D eigenvalue weighted by molar-refractivity contribution is -0.147. The first-order chi connectivity index (χ1) is 12.6. The van der Waals surface area contributed by atoms with E-state index in [-0.39, 0.29) is 17.8 Å². The van der Waals surface area contributed by atoms with Crippen LogP contribution < -0.4 is 5.32 Å². The van der Waals surface area contributed by atoms with Crippen LogP contribution >= 0.6 is 0 Å². The third-order valence-corrected chi connectivity index (χ3v) is 5.77. The molecule has 1 aromatic rings. The van der Waals surface area contributed by atoms with Gasteiger partial charge in [0.25, 0.3) is 0 Å². The van der Waals surface area contributed by atoms with Gasteiger partial charge in [0.1, 0.15) is 5.76 Å². The molecule has 0 spiro atoms. The number of hydrogen-bond acceptors (Lipinski definition) is 3. The first-order valence-electron chi connectivity index (χ1n) is 9.90. The van der Waals surface area contributed by atoms with Crippen LogP contribution in [0.2, 0.25) is 0 Å². The number of ether oxygens (including phenoxy) is 1. The molecule has 1 amide bonds. The van der Waals surface area contributed by atoms with Crippen LogP contribution in [0, 0.1) is 16.7 Å². The summed E-state index contributed by atoms with van der Waals surface area (Å²) in [7, 11) is 0. The maximum Gasteiger partial charge on any atom is 0.317 e.